The van der Waals surface area contributed by atoms with Gasteiger partial charge in [0.2, 0.25) is 10.0 Å². The van der Waals surface area contributed by atoms with Gasteiger partial charge in [0.05, 0.1) is 17.0 Å². The van der Waals surface area contributed by atoms with Gasteiger partial charge in [-0.3, -0.25) is 0 Å². The summed E-state index contributed by atoms with van der Waals surface area (Å²) in [4.78, 5) is 0.102. The van der Waals surface area contributed by atoms with Crippen molar-refractivity contribution in [2.45, 2.75) is 109 Å². The zero-order valence-electron chi connectivity index (χ0n) is 77.7. The maximum Gasteiger partial charge on any atom is 0.241 e. The van der Waals surface area contributed by atoms with Gasteiger partial charge in [-0.25, -0.2) is 13.1 Å². The Bertz CT molecular complexity index is 6600. The summed E-state index contributed by atoms with van der Waals surface area (Å²) in [5, 5.41) is 1.32. The molecule has 19 heteroatoms. The first kappa shape index (κ1) is 94.6. The van der Waals surface area contributed by atoms with Gasteiger partial charge in [-0.05, 0) is 198 Å². The number of nitrogens with two attached hydrogens (primary N) is 1. The Balaban J connectivity index is 0.609. The number of hydrogen-bond donors (Lipinski definition) is 2. The van der Waals surface area contributed by atoms with E-state index < -0.39 is 22.1 Å². The Kier molecular flexibility index (Phi) is 32.1. The summed E-state index contributed by atoms with van der Waals surface area (Å²) in [6.07, 6.45) is 0. The Labute approximate surface area is 822 Å². The van der Waals surface area contributed by atoms with Gasteiger partial charge in [-0.15, -0.1) is 0 Å². The molecule has 0 amide bonds. The van der Waals surface area contributed by atoms with Crippen LogP contribution in [-0.4, -0.2) is 8.42 Å². The summed E-state index contributed by atoms with van der Waals surface area (Å²) in [5.74, 6) is 7.98. The molecule has 0 unspecified atom stereocenters. The second kappa shape index (κ2) is 47.9. The zero-order valence-corrected chi connectivity index (χ0v) is 78.5. The lowest BCUT2D eigenvalue weighted by Crippen LogP contribution is -2.36. The monoisotopic (exact) mass is 1890 g/mol. The molecule has 0 heterocycles. The Morgan fingerprint density at radius 2 is 0.369 bits per heavy atom. The summed E-state index contributed by atoms with van der Waals surface area (Å²) in [6, 6.07) is 140. The molecule has 0 aliphatic carbocycles. The van der Waals surface area contributed by atoms with Crippen molar-refractivity contribution in [1.29, 1.82) is 0 Å². The minimum atomic E-state index is -4.29. The second-order valence-corrected chi connectivity index (χ2v) is 35.7. The molecule has 0 bridgehead atoms. The van der Waals surface area contributed by atoms with Crippen LogP contribution in [0.1, 0.15) is 101 Å². The fourth-order valence-corrected chi connectivity index (χ4v) is 17.4. The van der Waals surface area contributed by atoms with Crippen LogP contribution in [0.5, 0.6) is 80.5 Å². The molecule has 2 atom stereocenters. The summed E-state index contributed by atoms with van der Waals surface area (Å²) >= 11 is 0. The highest BCUT2D eigenvalue weighted by Gasteiger charge is 2.30. The van der Waals surface area contributed by atoms with Crippen molar-refractivity contribution >= 4 is 20.8 Å². The highest BCUT2D eigenvalue weighted by atomic mass is 32.2. The van der Waals surface area contributed by atoms with Gasteiger partial charge in [0, 0.05) is 41.8 Å². The van der Waals surface area contributed by atoms with E-state index in [0.29, 0.717) is 150 Å². The van der Waals surface area contributed by atoms with Gasteiger partial charge < -0.3 is 72.0 Å². The van der Waals surface area contributed by atoms with Crippen molar-refractivity contribution in [3.63, 3.8) is 0 Å². The maximum absolute atomic E-state index is 15.1. The van der Waals surface area contributed by atoms with Gasteiger partial charge in [0.25, 0.3) is 0 Å². The molecule has 706 valence electrons. The molecule has 0 spiro atoms. The summed E-state index contributed by atoms with van der Waals surface area (Å²) in [6.45, 7) is 3.49. The third kappa shape index (κ3) is 28.3. The molecule has 0 aliphatic heterocycles. The number of fused-ring (bicyclic) bond motifs is 1. The molecule has 18 aromatic rings. The van der Waals surface area contributed by atoms with E-state index in [2.05, 4.69) is 4.72 Å². The molecule has 18 aromatic carbocycles. The highest BCUT2D eigenvalue weighted by molar-refractivity contribution is 7.89. The SMILES string of the molecule is N[C@@H](c1ccc(OCc2cc(OCc3cc(OCc4ccccc4)cc(OCc4ccccc4)c3)cc(OCc3cc(OCc4ccccc4)cc(OCc4ccccc4)c3)c2)cc1)[C@@H](NS(=O)(=O)c1cccc2ccccc12)c1ccc(OCc2cc(OCc3cc(OCc4ccccc4)cc(OCc4ccccc4)c3)cc(OCc3cc(OCc4ccccc4)cc(OCc4ccccc4)c3)c2)cc1. The van der Waals surface area contributed by atoms with E-state index in [1.54, 1.807) is 30.3 Å². The van der Waals surface area contributed by atoms with Crippen molar-refractivity contribution in [1.82, 2.24) is 4.72 Å². The van der Waals surface area contributed by atoms with Crippen LogP contribution >= 0.6 is 0 Å². The van der Waals surface area contributed by atoms with Crippen molar-refractivity contribution in [2.24, 2.45) is 5.73 Å². The quantitative estimate of drug-likeness (QED) is 0.0364. The molecular formula is C122H106N2O16S. The van der Waals surface area contributed by atoms with E-state index in [4.69, 9.17) is 72.0 Å². The minimum Gasteiger partial charge on any atom is -0.489 e. The zero-order chi connectivity index (χ0) is 95.8. The smallest absolute Gasteiger partial charge is 0.241 e. The molecule has 0 saturated carbocycles. The average Bonchev–Trinajstić information content (AvgIpc) is 0.775. The fourth-order valence-electron chi connectivity index (χ4n) is 16.0. The lowest BCUT2D eigenvalue weighted by molar-refractivity contribution is 0.273. The lowest BCUT2D eigenvalue weighted by Gasteiger charge is -2.26. The normalized spacial score (nSPS) is 11.6. The third-order valence-corrected chi connectivity index (χ3v) is 24.7. The molecule has 0 radical (unpaired) electrons. The first-order valence-corrected chi connectivity index (χ1v) is 48.2. The van der Waals surface area contributed by atoms with Crippen LogP contribution in [0, 0.1) is 0 Å². The first-order valence-electron chi connectivity index (χ1n) is 46.8. The predicted octanol–water partition coefficient (Wildman–Crippen LogP) is 26.7. The molecule has 18 rings (SSSR count). The van der Waals surface area contributed by atoms with Crippen LogP contribution in [0.4, 0.5) is 0 Å². The first-order chi connectivity index (χ1) is 69.4. The number of sulfonamides is 1. The fraction of sp³-hybridized carbons (Fsp3) is 0.131. The summed E-state index contributed by atoms with van der Waals surface area (Å²) < 4.78 is 125. The molecule has 0 aromatic heterocycles. The van der Waals surface area contributed by atoms with Gasteiger partial charge in [0.15, 0.2) is 0 Å². The molecular weight excluding hydrogens is 1780 g/mol. The van der Waals surface area contributed by atoms with Crippen LogP contribution < -0.4 is 76.8 Å². The number of nitrogens with one attached hydrogen (secondary N) is 1. The van der Waals surface area contributed by atoms with E-state index in [1.807, 2.05) is 413 Å². The molecule has 0 aliphatic rings. The third-order valence-electron chi connectivity index (χ3n) is 23.2. The Hall–Kier alpha value is -16.7. The Morgan fingerprint density at radius 3 is 0.596 bits per heavy atom. The van der Waals surface area contributed by atoms with E-state index in [9.17, 15) is 0 Å². The Morgan fingerprint density at radius 1 is 0.184 bits per heavy atom. The molecule has 141 heavy (non-hydrogen) atoms. The van der Waals surface area contributed by atoms with Crippen LogP contribution in [0.3, 0.4) is 0 Å². The van der Waals surface area contributed by atoms with Crippen LogP contribution in [0.2, 0.25) is 0 Å². The molecule has 18 nitrogen and oxygen atoms in total. The van der Waals surface area contributed by atoms with Gasteiger partial charge in [0.1, 0.15) is 173 Å². The van der Waals surface area contributed by atoms with Crippen molar-refractivity contribution in [2.75, 3.05) is 0 Å². The van der Waals surface area contributed by atoms with Crippen molar-refractivity contribution in [3.8, 4) is 80.5 Å². The van der Waals surface area contributed by atoms with Crippen LogP contribution in [0.25, 0.3) is 10.8 Å². The van der Waals surface area contributed by atoms with E-state index in [0.717, 1.165) is 83.3 Å². The van der Waals surface area contributed by atoms with Crippen LogP contribution in [-0.2, 0) is 103 Å². The summed E-state index contributed by atoms with van der Waals surface area (Å²) in [5.41, 5.74) is 21.5. The van der Waals surface area contributed by atoms with E-state index in [-0.39, 0.29) is 44.5 Å². The number of rotatable bonds is 48. The van der Waals surface area contributed by atoms with Gasteiger partial charge in [-0.2, -0.15) is 0 Å². The maximum atomic E-state index is 15.1. The lowest BCUT2D eigenvalue weighted by atomic mass is 9.95. The standard InChI is InChI=1S/C122H106N2O16S/c123-121(103-48-52-105(53-49-103)127-82-96-56-115(137-84-98-60-107(129-74-88-28-9-1-10-29-88)68-108(61-98)130-75-89-30-11-2-12-31-89)72-116(57-96)138-85-99-62-109(131-76-90-32-13-3-14-33-90)69-110(63-99)132-77-91-34-15-4-16-35-91)122(124-141(125,126)120-47-27-45-102-44-25-26-46-119(102)120)104-50-54-106(55-51-104)128-83-97-58-117(139-86-100-64-111(133-78-92-36-17-5-18-37-92)70-112(65-100)134-79-93-38-19-6-20-39-93)73-118(59-97)140-87-101-66-113(135-80-94-40-21-7-22-41-94)71-114(67-101)136-81-95-42-23-8-24-43-95/h1-73,121-122,124H,74-87,123H2/t121-,122-/m0/s1. The molecule has 0 saturated heterocycles. The van der Waals surface area contributed by atoms with Crippen molar-refractivity contribution in [3.05, 3.63) is 532 Å². The average molecular weight is 1890 g/mol. The number of hydrogen-bond acceptors (Lipinski definition) is 17. The van der Waals surface area contributed by atoms with E-state index >= 15 is 8.42 Å². The van der Waals surface area contributed by atoms with Crippen LogP contribution in [0.15, 0.2) is 448 Å². The number of ether oxygens (including phenoxy) is 14. The highest BCUT2D eigenvalue weighted by Crippen LogP contribution is 2.38. The minimum absolute atomic E-state index is 0.0651. The topological polar surface area (TPSA) is 201 Å². The van der Waals surface area contributed by atoms with E-state index in [1.165, 1.54) is 0 Å². The van der Waals surface area contributed by atoms with Gasteiger partial charge in [-0.1, -0.05) is 303 Å². The predicted molar refractivity (Wildman–Crippen MR) is 548 cm³/mol. The number of benzene rings is 18. The second-order valence-electron chi connectivity index (χ2n) is 34.0. The molecule has 3 N–H and O–H groups in total. The molecule has 0 fully saturated rings. The largest absolute Gasteiger partial charge is 0.489 e. The van der Waals surface area contributed by atoms with Gasteiger partial charge >= 0.3 is 0 Å². The summed E-state index contributed by atoms with van der Waals surface area (Å²) in [7, 11) is -4.29. The van der Waals surface area contributed by atoms with Crippen molar-refractivity contribution < 1.29 is 74.7 Å².